The minimum absolute atomic E-state index is 0.00608. The van der Waals surface area contributed by atoms with E-state index in [9.17, 15) is 4.79 Å². The van der Waals surface area contributed by atoms with Crippen LogP contribution in [0, 0.1) is 12.8 Å². The highest BCUT2D eigenvalue weighted by Gasteiger charge is 2.22. The van der Waals surface area contributed by atoms with E-state index < -0.39 is 0 Å². The van der Waals surface area contributed by atoms with Gasteiger partial charge in [-0.25, -0.2) is 9.78 Å². The Labute approximate surface area is 112 Å². The molecule has 0 spiro atoms. The summed E-state index contributed by atoms with van der Waals surface area (Å²) in [6, 6.07) is 0.0373. The monoisotopic (exact) mass is 267 g/mol. The van der Waals surface area contributed by atoms with Gasteiger partial charge in [-0.15, -0.1) is 11.3 Å². The number of rotatable bonds is 2. The SMILES string of the molecule is Cc1cnc(C(C)NC(=O)N2CCCC(C)C2)s1. The van der Waals surface area contributed by atoms with Gasteiger partial charge in [0, 0.05) is 24.2 Å². The Morgan fingerprint density at radius 1 is 1.67 bits per heavy atom. The maximum absolute atomic E-state index is 12.1. The van der Waals surface area contributed by atoms with Crippen LogP contribution in [0.1, 0.15) is 42.6 Å². The number of aryl methyl sites for hydroxylation is 1. The van der Waals surface area contributed by atoms with Crippen molar-refractivity contribution in [3.63, 3.8) is 0 Å². The summed E-state index contributed by atoms with van der Waals surface area (Å²) in [5.41, 5.74) is 0. The molecular formula is C13H21N3OS. The van der Waals surface area contributed by atoms with Crippen molar-refractivity contribution in [2.45, 2.75) is 39.7 Å². The van der Waals surface area contributed by atoms with Crippen LogP contribution in [-0.4, -0.2) is 29.0 Å². The summed E-state index contributed by atoms with van der Waals surface area (Å²) < 4.78 is 0. The predicted octanol–water partition coefficient (Wildman–Crippen LogP) is 2.95. The summed E-state index contributed by atoms with van der Waals surface area (Å²) in [7, 11) is 0. The third-order valence-electron chi connectivity index (χ3n) is 3.29. The van der Waals surface area contributed by atoms with Gasteiger partial charge in [-0.05, 0) is 32.6 Å². The van der Waals surface area contributed by atoms with Gasteiger partial charge in [0.05, 0.1) is 6.04 Å². The maximum atomic E-state index is 12.1. The number of likely N-dealkylation sites (tertiary alicyclic amines) is 1. The smallest absolute Gasteiger partial charge is 0.317 e. The number of urea groups is 1. The van der Waals surface area contributed by atoms with E-state index in [0.717, 1.165) is 24.5 Å². The van der Waals surface area contributed by atoms with Crippen molar-refractivity contribution < 1.29 is 4.79 Å². The highest BCUT2D eigenvalue weighted by molar-refractivity contribution is 7.11. The molecule has 0 aromatic carbocycles. The van der Waals surface area contributed by atoms with Crippen molar-refractivity contribution in [3.05, 3.63) is 16.1 Å². The largest absolute Gasteiger partial charge is 0.329 e. The zero-order valence-corrected chi connectivity index (χ0v) is 12.1. The first kappa shape index (κ1) is 13.3. The number of nitrogens with one attached hydrogen (secondary N) is 1. The fourth-order valence-electron chi connectivity index (χ4n) is 2.28. The van der Waals surface area contributed by atoms with Gasteiger partial charge in [0.15, 0.2) is 0 Å². The van der Waals surface area contributed by atoms with Gasteiger partial charge in [0.25, 0.3) is 0 Å². The molecule has 1 saturated heterocycles. The van der Waals surface area contributed by atoms with Gasteiger partial charge in [0.1, 0.15) is 5.01 Å². The first-order chi connectivity index (χ1) is 8.56. The molecule has 18 heavy (non-hydrogen) atoms. The molecule has 2 heterocycles. The Morgan fingerprint density at radius 2 is 2.44 bits per heavy atom. The Morgan fingerprint density at radius 3 is 3.06 bits per heavy atom. The molecule has 2 amide bonds. The number of piperidine rings is 1. The lowest BCUT2D eigenvalue weighted by molar-refractivity contribution is 0.167. The summed E-state index contributed by atoms with van der Waals surface area (Å²) in [6.07, 6.45) is 4.19. The quantitative estimate of drug-likeness (QED) is 0.895. The molecule has 1 fully saturated rings. The number of hydrogen-bond donors (Lipinski definition) is 1. The highest BCUT2D eigenvalue weighted by Crippen LogP contribution is 2.20. The number of carbonyl (C=O) groups is 1. The molecule has 2 unspecified atom stereocenters. The minimum atomic E-state index is -0.00608. The molecule has 100 valence electrons. The summed E-state index contributed by atoms with van der Waals surface area (Å²) in [6.45, 7) is 7.97. The maximum Gasteiger partial charge on any atom is 0.317 e. The average Bonchev–Trinajstić information content (AvgIpc) is 2.76. The van der Waals surface area contributed by atoms with Crippen LogP contribution >= 0.6 is 11.3 Å². The van der Waals surface area contributed by atoms with Crippen LogP contribution in [0.4, 0.5) is 4.79 Å². The fraction of sp³-hybridized carbons (Fsp3) is 0.692. The van der Waals surface area contributed by atoms with E-state index in [2.05, 4.69) is 17.2 Å². The van der Waals surface area contributed by atoms with Crippen molar-refractivity contribution in [1.29, 1.82) is 0 Å². The first-order valence-electron chi connectivity index (χ1n) is 6.54. The van der Waals surface area contributed by atoms with Crippen LogP contribution in [0.5, 0.6) is 0 Å². The molecule has 1 aromatic heterocycles. The predicted molar refractivity (Wildman–Crippen MR) is 73.8 cm³/mol. The minimum Gasteiger partial charge on any atom is -0.329 e. The molecule has 1 aliphatic rings. The van der Waals surface area contributed by atoms with E-state index in [-0.39, 0.29) is 12.1 Å². The van der Waals surface area contributed by atoms with Gasteiger partial charge in [-0.3, -0.25) is 0 Å². The molecule has 2 rings (SSSR count). The number of hydrogen-bond acceptors (Lipinski definition) is 3. The Bertz CT molecular complexity index is 418. The van der Waals surface area contributed by atoms with E-state index in [0.29, 0.717) is 5.92 Å². The number of nitrogens with zero attached hydrogens (tertiary/aromatic N) is 2. The van der Waals surface area contributed by atoms with Gasteiger partial charge in [-0.2, -0.15) is 0 Å². The first-order valence-corrected chi connectivity index (χ1v) is 7.35. The molecule has 0 saturated carbocycles. The van der Waals surface area contributed by atoms with Crippen molar-refractivity contribution in [2.24, 2.45) is 5.92 Å². The molecule has 4 nitrogen and oxygen atoms in total. The third-order valence-corrected chi connectivity index (χ3v) is 4.39. The third kappa shape index (κ3) is 3.22. The van der Waals surface area contributed by atoms with Gasteiger partial charge in [0.2, 0.25) is 0 Å². The Balaban J connectivity index is 1.90. The van der Waals surface area contributed by atoms with Crippen LogP contribution in [0.15, 0.2) is 6.20 Å². The molecule has 5 heteroatoms. The molecule has 1 aromatic rings. The van der Waals surface area contributed by atoms with Crippen LogP contribution in [0.25, 0.3) is 0 Å². The van der Waals surface area contributed by atoms with Crippen LogP contribution in [0.3, 0.4) is 0 Å². The zero-order chi connectivity index (χ0) is 13.1. The van der Waals surface area contributed by atoms with E-state index in [1.165, 1.54) is 11.3 Å². The molecule has 1 N–H and O–H groups in total. The summed E-state index contributed by atoms with van der Waals surface area (Å²) >= 11 is 1.64. The van der Waals surface area contributed by atoms with E-state index in [1.54, 1.807) is 11.3 Å². The standard InChI is InChI=1S/C13H21N3OS/c1-9-5-4-6-16(8-9)13(17)15-11(3)12-14-7-10(2)18-12/h7,9,11H,4-6,8H2,1-3H3,(H,15,17). The second-order valence-corrected chi connectivity index (χ2v) is 6.44. The molecule has 2 atom stereocenters. The lowest BCUT2D eigenvalue weighted by Crippen LogP contribution is -2.45. The van der Waals surface area contributed by atoms with Crippen molar-refractivity contribution in [3.8, 4) is 0 Å². The number of thiazole rings is 1. The lowest BCUT2D eigenvalue weighted by Gasteiger charge is -2.31. The van der Waals surface area contributed by atoms with Crippen LogP contribution in [0.2, 0.25) is 0 Å². The van der Waals surface area contributed by atoms with Crippen molar-refractivity contribution >= 4 is 17.4 Å². The molecule has 1 aliphatic heterocycles. The average molecular weight is 267 g/mol. The Hall–Kier alpha value is -1.10. The topological polar surface area (TPSA) is 45.2 Å². The van der Waals surface area contributed by atoms with Crippen LogP contribution in [-0.2, 0) is 0 Å². The Kier molecular flexibility index (Phi) is 4.22. The summed E-state index contributed by atoms with van der Waals surface area (Å²) in [4.78, 5) is 19.5. The van der Waals surface area contributed by atoms with Crippen LogP contribution < -0.4 is 5.32 Å². The number of aromatic nitrogens is 1. The molecule has 0 radical (unpaired) electrons. The number of amides is 2. The van der Waals surface area contributed by atoms with E-state index >= 15 is 0 Å². The van der Waals surface area contributed by atoms with Gasteiger partial charge >= 0.3 is 6.03 Å². The second kappa shape index (κ2) is 5.69. The van der Waals surface area contributed by atoms with Gasteiger partial charge < -0.3 is 10.2 Å². The van der Waals surface area contributed by atoms with E-state index in [1.807, 2.05) is 24.9 Å². The second-order valence-electron chi connectivity index (χ2n) is 5.17. The molecule has 0 bridgehead atoms. The molecular weight excluding hydrogens is 246 g/mol. The number of carbonyl (C=O) groups excluding carboxylic acids is 1. The normalized spacial score (nSPS) is 21.7. The van der Waals surface area contributed by atoms with Crippen molar-refractivity contribution in [1.82, 2.24) is 15.2 Å². The fourth-order valence-corrected chi connectivity index (χ4v) is 3.06. The van der Waals surface area contributed by atoms with Gasteiger partial charge in [-0.1, -0.05) is 6.92 Å². The lowest BCUT2D eigenvalue weighted by atomic mass is 10.0. The highest BCUT2D eigenvalue weighted by atomic mass is 32.1. The summed E-state index contributed by atoms with van der Waals surface area (Å²) in [5, 5.41) is 4.01. The zero-order valence-electron chi connectivity index (χ0n) is 11.3. The summed E-state index contributed by atoms with van der Waals surface area (Å²) in [5.74, 6) is 0.613. The van der Waals surface area contributed by atoms with Crippen molar-refractivity contribution in [2.75, 3.05) is 13.1 Å². The van der Waals surface area contributed by atoms with E-state index in [4.69, 9.17) is 0 Å². The molecule has 0 aliphatic carbocycles.